The molecule has 0 spiro atoms. The zero-order valence-electron chi connectivity index (χ0n) is 11.5. The molecular weight excluding hydrogens is 258 g/mol. The lowest BCUT2D eigenvalue weighted by Gasteiger charge is -2.30. The van der Waals surface area contributed by atoms with E-state index >= 15 is 0 Å². The molecule has 4 rings (SSSR count). The number of rotatable bonds is 2. The Labute approximate surface area is 117 Å². The van der Waals surface area contributed by atoms with Crippen molar-refractivity contribution >= 4 is 6.03 Å². The van der Waals surface area contributed by atoms with E-state index in [2.05, 4.69) is 10.2 Å². The van der Waals surface area contributed by atoms with Crippen LogP contribution in [-0.4, -0.2) is 51.7 Å². The van der Waals surface area contributed by atoms with Gasteiger partial charge in [-0.15, -0.1) is 10.2 Å². The van der Waals surface area contributed by atoms with E-state index in [-0.39, 0.29) is 18.1 Å². The van der Waals surface area contributed by atoms with Crippen LogP contribution in [0.4, 0.5) is 4.79 Å². The monoisotopic (exact) mass is 277 g/mol. The molecule has 0 unspecified atom stereocenters. The van der Waals surface area contributed by atoms with Crippen molar-refractivity contribution in [1.82, 2.24) is 20.0 Å². The number of urea groups is 1. The SMILES string of the molecule is CN1C(=O)N2C[C@H]1CC[C@H]2c1nnc(C2CC(N)C2)o1. The Balaban J connectivity index is 1.54. The Morgan fingerprint density at radius 2 is 2.00 bits per heavy atom. The van der Waals surface area contributed by atoms with Crippen molar-refractivity contribution in [3.05, 3.63) is 11.8 Å². The first kappa shape index (κ1) is 12.1. The van der Waals surface area contributed by atoms with Crippen LogP contribution in [0.3, 0.4) is 0 Å². The summed E-state index contributed by atoms with van der Waals surface area (Å²) in [6.45, 7) is 0.770. The van der Waals surface area contributed by atoms with Gasteiger partial charge in [-0.25, -0.2) is 4.79 Å². The van der Waals surface area contributed by atoms with Gasteiger partial charge in [0.05, 0.1) is 6.04 Å². The molecule has 0 radical (unpaired) electrons. The van der Waals surface area contributed by atoms with Gasteiger partial charge >= 0.3 is 6.03 Å². The summed E-state index contributed by atoms with van der Waals surface area (Å²) < 4.78 is 5.82. The van der Waals surface area contributed by atoms with Gasteiger partial charge < -0.3 is 20.0 Å². The summed E-state index contributed by atoms with van der Waals surface area (Å²) in [6.07, 6.45) is 3.72. The predicted octanol–water partition coefficient (Wildman–Crippen LogP) is 0.845. The molecule has 7 nitrogen and oxygen atoms in total. The summed E-state index contributed by atoms with van der Waals surface area (Å²) in [4.78, 5) is 15.8. The highest BCUT2D eigenvalue weighted by molar-refractivity contribution is 5.77. The zero-order chi connectivity index (χ0) is 13.9. The fraction of sp³-hybridized carbons (Fsp3) is 0.769. The summed E-state index contributed by atoms with van der Waals surface area (Å²) in [5.74, 6) is 1.57. The number of fused-ring (bicyclic) bond motifs is 2. The van der Waals surface area contributed by atoms with Crippen molar-refractivity contribution in [1.29, 1.82) is 0 Å². The van der Waals surface area contributed by atoms with E-state index in [1.165, 1.54) is 0 Å². The Hall–Kier alpha value is -1.63. The number of amides is 2. The number of nitrogens with two attached hydrogens (primary N) is 1. The van der Waals surface area contributed by atoms with Gasteiger partial charge in [-0.3, -0.25) is 0 Å². The number of nitrogens with zero attached hydrogens (tertiary/aromatic N) is 4. The minimum Gasteiger partial charge on any atom is -0.423 e. The second kappa shape index (κ2) is 4.18. The molecule has 2 aliphatic heterocycles. The van der Waals surface area contributed by atoms with Crippen molar-refractivity contribution in [2.75, 3.05) is 13.6 Å². The van der Waals surface area contributed by atoms with Gasteiger partial charge in [0.1, 0.15) is 6.04 Å². The Morgan fingerprint density at radius 3 is 2.75 bits per heavy atom. The van der Waals surface area contributed by atoms with Crippen molar-refractivity contribution < 1.29 is 9.21 Å². The first-order chi connectivity index (χ1) is 9.63. The van der Waals surface area contributed by atoms with Gasteiger partial charge in [0.25, 0.3) is 0 Å². The minimum atomic E-state index is -0.0568. The predicted molar refractivity (Wildman–Crippen MR) is 69.9 cm³/mol. The largest absolute Gasteiger partial charge is 0.423 e. The summed E-state index contributed by atoms with van der Waals surface area (Å²) in [6, 6.07) is 0.618. The van der Waals surface area contributed by atoms with E-state index in [4.69, 9.17) is 10.2 Å². The molecule has 108 valence electrons. The Morgan fingerprint density at radius 1 is 1.25 bits per heavy atom. The van der Waals surface area contributed by atoms with Gasteiger partial charge in [0.15, 0.2) is 0 Å². The van der Waals surface area contributed by atoms with Gasteiger partial charge in [-0.2, -0.15) is 0 Å². The average molecular weight is 277 g/mol. The second-order valence-corrected chi connectivity index (χ2v) is 6.20. The molecule has 2 saturated heterocycles. The maximum atomic E-state index is 12.2. The topological polar surface area (TPSA) is 88.5 Å². The number of hydrogen-bond acceptors (Lipinski definition) is 5. The van der Waals surface area contributed by atoms with Gasteiger partial charge in [0.2, 0.25) is 11.8 Å². The third-order valence-electron chi connectivity index (χ3n) is 4.92. The molecule has 3 heterocycles. The van der Waals surface area contributed by atoms with Crippen LogP contribution in [0.25, 0.3) is 0 Å². The van der Waals surface area contributed by atoms with Crippen molar-refractivity contribution in [2.45, 2.75) is 49.7 Å². The van der Waals surface area contributed by atoms with Crippen LogP contribution in [0, 0.1) is 0 Å². The number of aromatic nitrogens is 2. The molecule has 1 aliphatic carbocycles. The summed E-state index contributed by atoms with van der Waals surface area (Å²) in [7, 11) is 1.87. The fourth-order valence-corrected chi connectivity index (χ4v) is 3.50. The number of hydrogen-bond donors (Lipinski definition) is 1. The Kier molecular flexibility index (Phi) is 2.54. The maximum absolute atomic E-state index is 12.2. The molecule has 2 amide bonds. The average Bonchev–Trinajstić information content (AvgIpc) is 2.97. The summed E-state index contributed by atoms with van der Waals surface area (Å²) >= 11 is 0. The van der Waals surface area contributed by atoms with Crippen LogP contribution in [0.1, 0.15) is 49.4 Å². The van der Waals surface area contributed by atoms with Crippen LogP contribution in [-0.2, 0) is 0 Å². The van der Waals surface area contributed by atoms with Gasteiger partial charge in [0, 0.05) is 25.6 Å². The molecule has 0 aromatic carbocycles. The smallest absolute Gasteiger partial charge is 0.320 e. The third-order valence-corrected chi connectivity index (χ3v) is 4.92. The lowest BCUT2D eigenvalue weighted by molar-refractivity contribution is 0.163. The molecule has 2 bridgehead atoms. The first-order valence-corrected chi connectivity index (χ1v) is 7.26. The van der Waals surface area contributed by atoms with E-state index in [0.29, 0.717) is 23.7 Å². The molecular formula is C13H19N5O2. The highest BCUT2D eigenvalue weighted by atomic mass is 16.4. The van der Waals surface area contributed by atoms with Crippen LogP contribution < -0.4 is 5.73 Å². The maximum Gasteiger partial charge on any atom is 0.320 e. The number of likely N-dealkylation sites (N-methyl/N-ethyl adjacent to an activating group) is 1. The zero-order valence-corrected chi connectivity index (χ0v) is 11.5. The lowest BCUT2D eigenvalue weighted by atomic mass is 9.81. The molecule has 1 saturated carbocycles. The molecule has 3 fully saturated rings. The quantitative estimate of drug-likeness (QED) is 0.865. The molecule has 1 aromatic rings. The number of carbonyl (C=O) groups excluding carboxylic acids is 1. The van der Waals surface area contributed by atoms with Crippen molar-refractivity contribution in [3.63, 3.8) is 0 Å². The van der Waals surface area contributed by atoms with Crippen LogP contribution in [0.15, 0.2) is 4.42 Å². The van der Waals surface area contributed by atoms with E-state index in [0.717, 1.165) is 32.2 Å². The second-order valence-electron chi connectivity index (χ2n) is 6.20. The van der Waals surface area contributed by atoms with E-state index in [1.54, 1.807) is 0 Å². The lowest BCUT2D eigenvalue weighted by Crippen LogP contribution is -2.35. The molecule has 3 aliphatic rings. The van der Waals surface area contributed by atoms with E-state index in [9.17, 15) is 4.79 Å². The number of carbonyl (C=O) groups is 1. The first-order valence-electron chi connectivity index (χ1n) is 7.26. The van der Waals surface area contributed by atoms with Crippen molar-refractivity contribution in [2.24, 2.45) is 5.73 Å². The van der Waals surface area contributed by atoms with Gasteiger partial charge in [-0.1, -0.05) is 0 Å². The fourth-order valence-electron chi connectivity index (χ4n) is 3.50. The molecule has 2 atom stereocenters. The number of piperidine rings is 1. The standard InChI is InChI=1S/C13H19N5O2/c1-17-9-2-3-10(18(6-9)13(17)19)12-16-15-11(20-12)7-4-8(14)5-7/h7-10H,2-6,14H2,1H3/t7?,8?,9-,10+/m1/s1. The molecule has 7 heteroatoms. The summed E-state index contributed by atoms with van der Waals surface area (Å²) in [5.41, 5.74) is 5.79. The highest BCUT2D eigenvalue weighted by Crippen LogP contribution is 2.39. The van der Waals surface area contributed by atoms with Crippen LogP contribution >= 0.6 is 0 Å². The van der Waals surface area contributed by atoms with Crippen LogP contribution in [0.2, 0.25) is 0 Å². The van der Waals surface area contributed by atoms with E-state index in [1.807, 2.05) is 16.8 Å². The Bertz CT molecular complexity index is 539. The van der Waals surface area contributed by atoms with Crippen LogP contribution in [0.5, 0.6) is 0 Å². The molecule has 20 heavy (non-hydrogen) atoms. The molecule has 2 N–H and O–H groups in total. The third kappa shape index (κ3) is 1.65. The van der Waals surface area contributed by atoms with Crippen molar-refractivity contribution in [3.8, 4) is 0 Å². The van der Waals surface area contributed by atoms with Gasteiger partial charge in [-0.05, 0) is 25.7 Å². The minimum absolute atomic E-state index is 0.0568. The normalized spacial score (nSPS) is 36.4. The molecule has 1 aromatic heterocycles. The highest BCUT2D eigenvalue weighted by Gasteiger charge is 2.45. The van der Waals surface area contributed by atoms with E-state index < -0.39 is 0 Å². The summed E-state index contributed by atoms with van der Waals surface area (Å²) in [5, 5.41) is 8.32.